The summed E-state index contributed by atoms with van der Waals surface area (Å²) in [6.07, 6.45) is 1.26. The molecule has 1 N–H and O–H groups in total. The number of hydrogen-bond acceptors (Lipinski definition) is 1. The van der Waals surface area contributed by atoms with Crippen LogP contribution < -0.4 is 5.32 Å². The average Bonchev–Trinajstić information content (AvgIpc) is 2.39. The Bertz CT molecular complexity index is 448. The molecule has 0 aliphatic rings. The highest BCUT2D eigenvalue weighted by atomic mass is 79.9. The number of benzene rings is 1. The van der Waals surface area contributed by atoms with Crippen molar-refractivity contribution in [3.05, 3.63) is 33.8 Å². The molecule has 1 rings (SSSR count). The van der Waals surface area contributed by atoms with Crippen molar-refractivity contribution in [3.8, 4) is 0 Å². The molecule has 0 aromatic heterocycles. The maximum atomic E-state index is 14.1. The van der Waals surface area contributed by atoms with E-state index < -0.39 is 11.6 Å². The average molecular weight is 348 g/mol. The van der Waals surface area contributed by atoms with E-state index in [-0.39, 0.29) is 11.0 Å². The van der Waals surface area contributed by atoms with Crippen molar-refractivity contribution in [2.24, 2.45) is 11.3 Å². The summed E-state index contributed by atoms with van der Waals surface area (Å²) in [6, 6.07) is 2.73. The highest BCUT2D eigenvalue weighted by Crippen LogP contribution is 2.31. The summed E-state index contributed by atoms with van der Waals surface area (Å²) in [5.41, 5.74) is 0.0206. The molecule has 0 amide bonds. The Morgan fingerprint density at radius 2 is 1.95 bits per heavy atom. The van der Waals surface area contributed by atoms with Gasteiger partial charge in [0.15, 0.2) is 0 Å². The Hall–Kier alpha value is -0.480. The van der Waals surface area contributed by atoms with Gasteiger partial charge in [-0.25, -0.2) is 8.78 Å². The van der Waals surface area contributed by atoms with E-state index in [0.717, 1.165) is 19.5 Å². The fourth-order valence-electron chi connectivity index (χ4n) is 2.13. The van der Waals surface area contributed by atoms with Crippen molar-refractivity contribution >= 4 is 15.9 Å². The molecule has 0 bridgehead atoms. The zero-order valence-corrected chi connectivity index (χ0v) is 14.3. The van der Waals surface area contributed by atoms with Crippen LogP contribution in [0.3, 0.4) is 0 Å². The van der Waals surface area contributed by atoms with Crippen LogP contribution in [0.2, 0.25) is 0 Å². The summed E-state index contributed by atoms with van der Waals surface area (Å²) in [5, 5.41) is 3.39. The fraction of sp³-hybridized carbons (Fsp3) is 0.625. The van der Waals surface area contributed by atoms with Gasteiger partial charge in [0.05, 0.1) is 4.47 Å². The predicted octanol–water partition coefficient (Wildman–Crippen LogP) is 4.93. The van der Waals surface area contributed by atoms with Gasteiger partial charge in [0, 0.05) is 12.1 Å². The van der Waals surface area contributed by atoms with E-state index in [9.17, 15) is 8.78 Å². The number of rotatable bonds is 7. The Labute approximate surface area is 129 Å². The van der Waals surface area contributed by atoms with E-state index in [4.69, 9.17) is 0 Å². The van der Waals surface area contributed by atoms with Crippen LogP contribution in [-0.4, -0.2) is 13.1 Å². The maximum Gasteiger partial charge on any atom is 0.143 e. The first kappa shape index (κ1) is 17.6. The molecular weight excluding hydrogens is 324 g/mol. The molecule has 4 heteroatoms. The molecule has 0 spiro atoms. The highest BCUT2D eigenvalue weighted by Gasteiger charge is 2.26. The van der Waals surface area contributed by atoms with Crippen LogP contribution in [-0.2, 0) is 6.42 Å². The molecule has 1 nitrogen and oxygen atoms in total. The summed E-state index contributed by atoms with van der Waals surface area (Å²) in [4.78, 5) is 0. The van der Waals surface area contributed by atoms with Gasteiger partial charge in [0.25, 0.3) is 0 Å². The van der Waals surface area contributed by atoms with E-state index >= 15 is 0 Å². The second-order valence-electron chi connectivity index (χ2n) is 6.19. The third-order valence-corrected chi connectivity index (χ3v) is 4.31. The lowest BCUT2D eigenvalue weighted by molar-refractivity contribution is 0.278. The van der Waals surface area contributed by atoms with Crippen molar-refractivity contribution in [2.75, 3.05) is 13.1 Å². The molecule has 0 saturated carbocycles. The van der Waals surface area contributed by atoms with Gasteiger partial charge < -0.3 is 5.32 Å². The predicted molar refractivity (Wildman–Crippen MR) is 83.9 cm³/mol. The van der Waals surface area contributed by atoms with Crippen molar-refractivity contribution in [1.82, 2.24) is 5.32 Å². The lowest BCUT2D eigenvalue weighted by Crippen LogP contribution is -2.35. The molecule has 0 aliphatic carbocycles. The topological polar surface area (TPSA) is 12.0 Å². The van der Waals surface area contributed by atoms with Crippen LogP contribution in [0.4, 0.5) is 8.78 Å². The van der Waals surface area contributed by atoms with Crippen LogP contribution in [0.1, 0.15) is 39.7 Å². The first-order chi connectivity index (χ1) is 9.29. The smallest absolute Gasteiger partial charge is 0.143 e. The molecule has 0 aliphatic heterocycles. The van der Waals surface area contributed by atoms with Crippen LogP contribution in [0.5, 0.6) is 0 Å². The SMILES string of the molecule is CCC(C)(CNCC(C)C)Cc1c(F)ccc(Br)c1F. The molecule has 1 aromatic rings. The van der Waals surface area contributed by atoms with Crippen molar-refractivity contribution in [2.45, 2.75) is 40.5 Å². The lowest BCUT2D eigenvalue weighted by Gasteiger charge is -2.29. The van der Waals surface area contributed by atoms with Crippen molar-refractivity contribution < 1.29 is 8.78 Å². The maximum absolute atomic E-state index is 14.1. The van der Waals surface area contributed by atoms with Crippen LogP contribution in [0.25, 0.3) is 0 Å². The molecule has 0 radical (unpaired) electrons. The molecule has 1 aromatic carbocycles. The highest BCUT2D eigenvalue weighted by molar-refractivity contribution is 9.10. The van der Waals surface area contributed by atoms with E-state index in [2.05, 4.69) is 48.9 Å². The standard InChI is InChI=1S/C16H24BrF2N/c1-5-16(4,10-20-9-11(2)3)8-12-14(18)7-6-13(17)15(12)19/h6-7,11,20H,5,8-10H2,1-4H3. The van der Waals surface area contributed by atoms with E-state index in [1.54, 1.807) is 0 Å². The quantitative estimate of drug-likeness (QED) is 0.689. The largest absolute Gasteiger partial charge is 0.316 e. The molecule has 1 atom stereocenters. The zero-order chi connectivity index (χ0) is 15.3. The Balaban J connectivity index is 2.84. The number of nitrogens with one attached hydrogen (secondary N) is 1. The minimum absolute atomic E-state index is 0.155. The lowest BCUT2D eigenvalue weighted by atomic mass is 9.80. The van der Waals surface area contributed by atoms with Gasteiger partial charge in [-0.2, -0.15) is 0 Å². The van der Waals surface area contributed by atoms with Gasteiger partial charge in [-0.3, -0.25) is 0 Å². The molecule has 0 heterocycles. The first-order valence-corrected chi connectivity index (χ1v) is 7.91. The van der Waals surface area contributed by atoms with Crippen molar-refractivity contribution in [3.63, 3.8) is 0 Å². The summed E-state index contributed by atoms with van der Waals surface area (Å²) >= 11 is 3.12. The van der Waals surface area contributed by atoms with Gasteiger partial charge in [-0.15, -0.1) is 0 Å². The third-order valence-electron chi connectivity index (χ3n) is 3.70. The Morgan fingerprint density at radius 1 is 1.30 bits per heavy atom. The normalized spacial score (nSPS) is 14.6. The number of halogens is 3. The minimum Gasteiger partial charge on any atom is -0.316 e. The van der Waals surface area contributed by atoms with E-state index in [1.807, 2.05) is 0 Å². The monoisotopic (exact) mass is 347 g/mol. The van der Waals surface area contributed by atoms with E-state index in [0.29, 0.717) is 16.8 Å². The Kier molecular flexibility index (Phi) is 6.59. The second kappa shape index (κ2) is 7.51. The van der Waals surface area contributed by atoms with Crippen molar-refractivity contribution in [1.29, 1.82) is 0 Å². The minimum atomic E-state index is -0.478. The van der Waals surface area contributed by atoms with Gasteiger partial charge >= 0.3 is 0 Å². The van der Waals surface area contributed by atoms with Gasteiger partial charge in [0.1, 0.15) is 11.6 Å². The molecular formula is C16H24BrF2N. The molecule has 0 fully saturated rings. The zero-order valence-electron chi connectivity index (χ0n) is 12.7. The second-order valence-corrected chi connectivity index (χ2v) is 7.04. The van der Waals surface area contributed by atoms with Crippen LogP contribution in [0.15, 0.2) is 16.6 Å². The summed E-state index contributed by atoms with van der Waals surface area (Å²) in [5.74, 6) is -0.377. The van der Waals surface area contributed by atoms with Crippen LogP contribution in [0, 0.1) is 23.0 Å². The first-order valence-electron chi connectivity index (χ1n) is 7.12. The number of hydrogen-bond donors (Lipinski definition) is 1. The summed E-state index contributed by atoms with van der Waals surface area (Å²) < 4.78 is 28.3. The van der Waals surface area contributed by atoms with Gasteiger partial charge in [-0.1, -0.05) is 27.7 Å². The molecule has 114 valence electrons. The van der Waals surface area contributed by atoms with E-state index in [1.165, 1.54) is 12.1 Å². The van der Waals surface area contributed by atoms with Crippen LogP contribution >= 0.6 is 15.9 Å². The van der Waals surface area contributed by atoms with Gasteiger partial charge in [0.2, 0.25) is 0 Å². The fourth-order valence-corrected chi connectivity index (χ4v) is 2.50. The van der Waals surface area contributed by atoms with Gasteiger partial charge in [-0.05, 0) is 58.8 Å². The summed E-state index contributed by atoms with van der Waals surface area (Å²) in [7, 11) is 0. The summed E-state index contributed by atoms with van der Waals surface area (Å²) in [6.45, 7) is 10.1. The molecule has 20 heavy (non-hydrogen) atoms. The Morgan fingerprint density at radius 3 is 2.50 bits per heavy atom. The molecule has 1 unspecified atom stereocenters. The third kappa shape index (κ3) is 4.81. The molecule has 0 saturated heterocycles.